The molecule has 4 nitrogen and oxygen atoms in total. The fraction of sp³-hybridized carbons (Fsp3) is 0.0769. The molecule has 0 saturated carbocycles. The van der Waals surface area contributed by atoms with Crippen molar-refractivity contribution in [2.75, 3.05) is 0 Å². The molecule has 0 aliphatic rings. The molecule has 0 aliphatic heterocycles. The van der Waals surface area contributed by atoms with Crippen molar-refractivity contribution in [3.63, 3.8) is 0 Å². The summed E-state index contributed by atoms with van der Waals surface area (Å²) in [6.07, 6.45) is 0.534. The van der Waals surface area contributed by atoms with E-state index in [0.29, 0.717) is 12.0 Å². The van der Waals surface area contributed by atoms with E-state index in [1.165, 1.54) is 6.07 Å². The van der Waals surface area contributed by atoms with Gasteiger partial charge in [-0.25, -0.2) is 0 Å². The SMILES string of the molecule is O=S(=O)(O)Oc1ccccc1Cc1ccccc1. The summed E-state index contributed by atoms with van der Waals surface area (Å²) in [6, 6.07) is 16.3. The first kappa shape index (κ1) is 12.6. The second-order valence-electron chi connectivity index (χ2n) is 3.78. The first-order valence-corrected chi connectivity index (χ1v) is 6.70. The molecule has 0 atom stereocenters. The Hall–Kier alpha value is -1.85. The summed E-state index contributed by atoms with van der Waals surface area (Å²) < 4.78 is 34.7. The quantitative estimate of drug-likeness (QED) is 0.861. The topological polar surface area (TPSA) is 63.6 Å². The van der Waals surface area contributed by atoms with E-state index >= 15 is 0 Å². The van der Waals surface area contributed by atoms with Crippen molar-refractivity contribution in [3.05, 3.63) is 65.7 Å². The van der Waals surface area contributed by atoms with Crippen LogP contribution in [0.5, 0.6) is 5.75 Å². The van der Waals surface area contributed by atoms with Crippen LogP contribution in [0.15, 0.2) is 54.6 Å². The lowest BCUT2D eigenvalue weighted by molar-refractivity contribution is 0.385. The summed E-state index contributed by atoms with van der Waals surface area (Å²) in [5, 5.41) is 0. The number of para-hydroxylation sites is 1. The van der Waals surface area contributed by atoms with Crippen LogP contribution < -0.4 is 4.18 Å². The Bertz CT molecular complexity index is 620. The van der Waals surface area contributed by atoms with E-state index in [9.17, 15) is 8.42 Å². The highest BCUT2D eigenvalue weighted by atomic mass is 32.3. The zero-order chi connectivity index (χ0) is 13.0. The van der Waals surface area contributed by atoms with E-state index in [1.807, 2.05) is 30.3 Å². The molecule has 0 radical (unpaired) electrons. The molecule has 5 heteroatoms. The Morgan fingerprint density at radius 1 is 0.944 bits per heavy atom. The van der Waals surface area contributed by atoms with Gasteiger partial charge in [-0.05, 0) is 11.6 Å². The fourth-order valence-corrected chi connectivity index (χ4v) is 2.05. The lowest BCUT2D eigenvalue weighted by atomic mass is 10.0. The molecule has 0 heterocycles. The highest BCUT2D eigenvalue weighted by Gasteiger charge is 2.11. The van der Waals surface area contributed by atoms with Gasteiger partial charge in [-0.15, -0.1) is 0 Å². The first-order chi connectivity index (χ1) is 8.54. The van der Waals surface area contributed by atoms with Crippen molar-refractivity contribution >= 4 is 10.4 Å². The maximum atomic E-state index is 10.7. The Labute approximate surface area is 106 Å². The van der Waals surface area contributed by atoms with Crippen LogP contribution in [-0.4, -0.2) is 13.0 Å². The summed E-state index contributed by atoms with van der Waals surface area (Å²) in [5.41, 5.74) is 1.73. The Morgan fingerprint density at radius 3 is 2.22 bits per heavy atom. The van der Waals surface area contributed by atoms with Gasteiger partial charge < -0.3 is 4.18 Å². The maximum Gasteiger partial charge on any atom is 0.446 e. The Morgan fingerprint density at radius 2 is 1.56 bits per heavy atom. The number of hydrogen-bond acceptors (Lipinski definition) is 3. The van der Waals surface area contributed by atoms with Crippen LogP contribution in [0.1, 0.15) is 11.1 Å². The van der Waals surface area contributed by atoms with Gasteiger partial charge in [0.1, 0.15) is 5.75 Å². The molecule has 0 unspecified atom stereocenters. The molecular weight excluding hydrogens is 252 g/mol. The van der Waals surface area contributed by atoms with Crippen molar-refractivity contribution in [2.24, 2.45) is 0 Å². The van der Waals surface area contributed by atoms with E-state index in [4.69, 9.17) is 4.55 Å². The lowest BCUT2D eigenvalue weighted by Crippen LogP contribution is -2.08. The third-order valence-corrected chi connectivity index (χ3v) is 2.80. The Balaban J connectivity index is 2.28. The summed E-state index contributed by atoms with van der Waals surface area (Å²) in [7, 11) is -4.49. The minimum atomic E-state index is -4.49. The predicted octanol–water partition coefficient (Wildman–Crippen LogP) is 2.46. The molecule has 2 aromatic carbocycles. The van der Waals surface area contributed by atoms with Gasteiger partial charge in [0.25, 0.3) is 0 Å². The van der Waals surface area contributed by atoms with Crippen LogP contribution in [0.25, 0.3) is 0 Å². The molecule has 1 N–H and O–H groups in total. The maximum absolute atomic E-state index is 10.7. The average molecular weight is 264 g/mol. The molecule has 0 fully saturated rings. The molecule has 2 rings (SSSR count). The third-order valence-electron chi connectivity index (χ3n) is 2.41. The normalized spacial score (nSPS) is 11.2. The molecule has 2 aromatic rings. The highest BCUT2D eigenvalue weighted by Crippen LogP contribution is 2.22. The van der Waals surface area contributed by atoms with Gasteiger partial charge in [0.2, 0.25) is 0 Å². The molecule has 0 aromatic heterocycles. The lowest BCUT2D eigenvalue weighted by Gasteiger charge is -2.08. The van der Waals surface area contributed by atoms with Gasteiger partial charge in [0.05, 0.1) is 0 Å². The standard InChI is InChI=1S/C13H12O4S/c14-18(15,16)17-13-9-5-4-8-12(13)10-11-6-2-1-3-7-11/h1-9H,10H2,(H,14,15,16). The average Bonchev–Trinajstić information content (AvgIpc) is 2.31. The zero-order valence-corrected chi connectivity index (χ0v) is 10.3. The minimum Gasteiger partial charge on any atom is -0.361 e. The molecule has 0 aliphatic carbocycles. The van der Waals surface area contributed by atoms with Crippen molar-refractivity contribution in [1.82, 2.24) is 0 Å². The highest BCUT2D eigenvalue weighted by molar-refractivity contribution is 7.81. The van der Waals surface area contributed by atoms with Gasteiger partial charge in [-0.3, -0.25) is 4.55 Å². The summed E-state index contributed by atoms with van der Waals surface area (Å²) in [4.78, 5) is 0. The van der Waals surface area contributed by atoms with Gasteiger partial charge >= 0.3 is 10.4 Å². The van der Waals surface area contributed by atoms with Gasteiger partial charge in [-0.2, -0.15) is 8.42 Å². The van der Waals surface area contributed by atoms with E-state index in [2.05, 4.69) is 4.18 Å². The van der Waals surface area contributed by atoms with Crippen molar-refractivity contribution in [2.45, 2.75) is 6.42 Å². The smallest absolute Gasteiger partial charge is 0.361 e. The van der Waals surface area contributed by atoms with Gasteiger partial charge in [0.15, 0.2) is 0 Å². The fourth-order valence-electron chi connectivity index (χ4n) is 1.66. The van der Waals surface area contributed by atoms with Crippen LogP contribution in [0.3, 0.4) is 0 Å². The monoisotopic (exact) mass is 264 g/mol. The van der Waals surface area contributed by atoms with Gasteiger partial charge in [0, 0.05) is 12.0 Å². The molecule has 94 valence electrons. The van der Waals surface area contributed by atoms with E-state index in [0.717, 1.165) is 5.56 Å². The van der Waals surface area contributed by atoms with Crippen LogP contribution in [0, 0.1) is 0 Å². The molecule has 18 heavy (non-hydrogen) atoms. The number of rotatable bonds is 4. The minimum absolute atomic E-state index is 0.142. The molecule has 0 bridgehead atoms. The third kappa shape index (κ3) is 3.58. The predicted molar refractivity (Wildman–Crippen MR) is 67.9 cm³/mol. The second-order valence-corrected chi connectivity index (χ2v) is 4.80. The summed E-state index contributed by atoms with van der Waals surface area (Å²) in [6.45, 7) is 0. The van der Waals surface area contributed by atoms with E-state index in [-0.39, 0.29) is 5.75 Å². The largest absolute Gasteiger partial charge is 0.446 e. The summed E-state index contributed by atoms with van der Waals surface area (Å²) >= 11 is 0. The molecular formula is C13H12O4S. The number of hydrogen-bond donors (Lipinski definition) is 1. The van der Waals surface area contributed by atoms with Gasteiger partial charge in [-0.1, -0.05) is 48.5 Å². The van der Waals surface area contributed by atoms with E-state index < -0.39 is 10.4 Å². The first-order valence-electron chi connectivity index (χ1n) is 5.33. The van der Waals surface area contributed by atoms with Crippen LogP contribution >= 0.6 is 0 Å². The zero-order valence-electron chi connectivity index (χ0n) is 9.48. The second kappa shape index (κ2) is 5.20. The van der Waals surface area contributed by atoms with E-state index in [1.54, 1.807) is 18.2 Å². The molecule has 0 amide bonds. The number of benzene rings is 2. The summed E-state index contributed by atoms with van der Waals surface area (Å²) in [5.74, 6) is 0.142. The van der Waals surface area contributed by atoms with Crippen LogP contribution in [0.4, 0.5) is 0 Å². The molecule has 0 saturated heterocycles. The van der Waals surface area contributed by atoms with Crippen molar-refractivity contribution in [3.8, 4) is 5.75 Å². The van der Waals surface area contributed by atoms with Crippen molar-refractivity contribution in [1.29, 1.82) is 0 Å². The van der Waals surface area contributed by atoms with Crippen LogP contribution in [-0.2, 0) is 16.8 Å². The van der Waals surface area contributed by atoms with Crippen molar-refractivity contribution < 1.29 is 17.2 Å². The molecule has 0 spiro atoms. The van der Waals surface area contributed by atoms with Crippen LogP contribution in [0.2, 0.25) is 0 Å². The Kier molecular flexibility index (Phi) is 3.64.